The maximum atomic E-state index is 12.0. The molecule has 0 radical (unpaired) electrons. The van der Waals surface area contributed by atoms with E-state index in [1.165, 1.54) is 0 Å². The third-order valence-electron chi connectivity index (χ3n) is 3.89. The first-order valence-corrected chi connectivity index (χ1v) is 7.97. The van der Waals surface area contributed by atoms with Gasteiger partial charge in [0.25, 0.3) is 0 Å². The second-order valence-electron chi connectivity index (χ2n) is 5.46. The number of carbonyl (C=O) groups is 2. The number of aryl methyl sites for hydroxylation is 1. The van der Waals surface area contributed by atoms with E-state index >= 15 is 0 Å². The highest BCUT2D eigenvalue weighted by atomic mass is 16.5. The van der Waals surface area contributed by atoms with Crippen LogP contribution in [-0.4, -0.2) is 63.8 Å². The van der Waals surface area contributed by atoms with E-state index < -0.39 is 0 Å². The monoisotopic (exact) mass is 336 g/mol. The smallest absolute Gasteiger partial charge is 0.242 e. The first-order chi connectivity index (χ1) is 11.6. The lowest BCUT2D eigenvalue weighted by Crippen LogP contribution is -2.45. The van der Waals surface area contributed by atoms with Gasteiger partial charge < -0.3 is 24.4 Å². The molecule has 1 aromatic carbocycles. The highest BCUT2D eigenvalue weighted by Crippen LogP contribution is 2.27. The Morgan fingerprint density at radius 1 is 1.17 bits per heavy atom. The SMILES string of the molecule is COc1ccc(CCC(=O)NCC(=O)N2CCOCC2)cc1OC. The Kier molecular flexibility index (Phi) is 6.87. The molecule has 0 aliphatic carbocycles. The van der Waals surface area contributed by atoms with Crippen LogP contribution in [0.15, 0.2) is 18.2 Å². The summed E-state index contributed by atoms with van der Waals surface area (Å²) < 4.78 is 15.6. The van der Waals surface area contributed by atoms with Crippen molar-refractivity contribution in [2.75, 3.05) is 47.1 Å². The molecular formula is C17H24N2O5. The fourth-order valence-electron chi connectivity index (χ4n) is 2.48. The summed E-state index contributed by atoms with van der Waals surface area (Å²) in [6.45, 7) is 2.31. The Hall–Kier alpha value is -2.28. The predicted molar refractivity (Wildman–Crippen MR) is 88.3 cm³/mol. The normalized spacial score (nSPS) is 14.2. The molecule has 2 amide bonds. The molecule has 1 fully saturated rings. The molecule has 7 nitrogen and oxygen atoms in total. The van der Waals surface area contributed by atoms with Crippen LogP contribution in [0, 0.1) is 0 Å². The molecule has 1 heterocycles. The Balaban J connectivity index is 1.75. The number of morpholine rings is 1. The van der Waals surface area contributed by atoms with E-state index in [1.807, 2.05) is 18.2 Å². The van der Waals surface area contributed by atoms with Gasteiger partial charge in [-0.3, -0.25) is 9.59 Å². The summed E-state index contributed by atoms with van der Waals surface area (Å²) in [5, 5.41) is 2.67. The second kappa shape index (κ2) is 9.12. The number of nitrogens with zero attached hydrogens (tertiary/aromatic N) is 1. The van der Waals surface area contributed by atoms with E-state index in [0.29, 0.717) is 50.6 Å². The van der Waals surface area contributed by atoms with Crippen LogP contribution in [0.5, 0.6) is 11.5 Å². The quantitative estimate of drug-likeness (QED) is 0.789. The summed E-state index contributed by atoms with van der Waals surface area (Å²) >= 11 is 0. The molecular weight excluding hydrogens is 312 g/mol. The molecule has 0 spiro atoms. The van der Waals surface area contributed by atoms with Crippen molar-refractivity contribution >= 4 is 11.8 Å². The Bertz CT molecular complexity index is 570. The zero-order chi connectivity index (χ0) is 17.4. The number of amides is 2. The summed E-state index contributed by atoms with van der Waals surface area (Å²) in [5.74, 6) is 1.07. The molecule has 1 aromatic rings. The number of hydrogen-bond acceptors (Lipinski definition) is 5. The second-order valence-corrected chi connectivity index (χ2v) is 5.46. The van der Waals surface area contributed by atoms with E-state index in [4.69, 9.17) is 14.2 Å². The fraction of sp³-hybridized carbons (Fsp3) is 0.529. The van der Waals surface area contributed by atoms with Gasteiger partial charge in [0.1, 0.15) is 0 Å². The van der Waals surface area contributed by atoms with Gasteiger partial charge in [-0.25, -0.2) is 0 Å². The van der Waals surface area contributed by atoms with Crippen LogP contribution in [0.4, 0.5) is 0 Å². The lowest BCUT2D eigenvalue weighted by molar-refractivity contribution is -0.136. The fourth-order valence-corrected chi connectivity index (χ4v) is 2.48. The Morgan fingerprint density at radius 3 is 2.54 bits per heavy atom. The molecule has 0 saturated carbocycles. The average Bonchev–Trinajstić information content (AvgIpc) is 2.64. The molecule has 1 aliphatic heterocycles. The summed E-state index contributed by atoms with van der Waals surface area (Å²) in [6, 6.07) is 5.56. The van der Waals surface area contributed by atoms with Crippen LogP contribution in [-0.2, 0) is 20.7 Å². The number of methoxy groups -OCH3 is 2. The Morgan fingerprint density at radius 2 is 1.88 bits per heavy atom. The van der Waals surface area contributed by atoms with E-state index in [9.17, 15) is 9.59 Å². The highest BCUT2D eigenvalue weighted by Gasteiger charge is 2.17. The molecule has 1 aliphatic rings. The van der Waals surface area contributed by atoms with E-state index in [2.05, 4.69) is 5.32 Å². The standard InChI is InChI=1S/C17H24N2O5/c1-22-14-5-3-13(11-15(14)23-2)4-6-16(20)18-12-17(21)19-7-9-24-10-8-19/h3,5,11H,4,6-10,12H2,1-2H3,(H,18,20). The lowest BCUT2D eigenvalue weighted by Gasteiger charge is -2.26. The van der Waals surface area contributed by atoms with Crippen LogP contribution in [0.25, 0.3) is 0 Å². The van der Waals surface area contributed by atoms with Crippen molar-refractivity contribution in [1.82, 2.24) is 10.2 Å². The van der Waals surface area contributed by atoms with Gasteiger partial charge in [-0.05, 0) is 24.1 Å². The lowest BCUT2D eigenvalue weighted by atomic mass is 10.1. The molecule has 0 unspecified atom stereocenters. The largest absolute Gasteiger partial charge is 0.493 e. The van der Waals surface area contributed by atoms with Gasteiger partial charge in [0.2, 0.25) is 11.8 Å². The molecule has 1 N–H and O–H groups in total. The minimum absolute atomic E-state index is 0.0325. The van der Waals surface area contributed by atoms with Crippen molar-refractivity contribution < 1.29 is 23.8 Å². The van der Waals surface area contributed by atoms with Crippen molar-refractivity contribution in [3.8, 4) is 11.5 Å². The third-order valence-corrected chi connectivity index (χ3v) is 3.89. The van der Waals surface area contributed by atoms with E-state index in [0.717, 1.165) is 5.56 Å². The first kappa shape index (κ1) is 18.1. The van der Waals surface area contributed by atoms with Crippen molar-refractivity contribution in [2.45, 2.75) is 12.8 Å². The minimum atomic E-state index is -0.147. The number of hydrogen-bond donors (Lipinski definition) is 1. The summed E-state index contributed by atoms with van der Waals surface area (Å²) in [4.78, 5) is 25.6. The van der Waals surface area contributed by atoms with Gasteiger partial charge in [-0.15, -0.1) is 0 Å². The van der Waals surface area contributed by atoms with Crippen molar-refractivity contribution in [3.63, 3.8) is 0 Å². The maximum absolute atomic E-state index is 12.0. The van der Waals surface area contributed by atoms with Gasteiger partial charge in [0.05, 0.1) is 34.0 Å². The van der Waals surface area contributed by atoms with Crippen LogP contribution in [0.2, 0.25) is 0 Å². The molecule has 7 heteroatoms. The van der Waals surface area contributed by atoms with Crippen LogP contribution < -0.4 is 14.8 Å². The number of carbonyl (C=O) groups excluding carboxylic acids is 2. The van der Waals surface area contributed by atoms with E-state index in [1.54, 1.807) is 19.1 Å². The van der Waals surface area contributed by atoms with Crippen LogP contribution in [0.3, 0.4) is 0 Å². The minimum Gasteiger partial charge on any atom is -0.493 e. The van der Waals surface area contributed by atoms with Crippen LogP contribution >= 0.6 is 0 Å². The van der Waals surface area contributed by atoms with E-state index in [-0.39, 0.29) is 18.4 Å². The zero-order valence-electron chi connectivity index (χ0n) is 14.2. The number of benzene rings is 1. The molecule has 0 aromatic heterocycles. The summed E-state index contributed by atoms with van der Waals surface area (Å²) in [6.07, 6.45) is 0.879. The first-order valence-electron chi connectivity index (χ1n) is 7.97. The van der Waals surface area contributed by atoms with Gasteiger partial charge >= 0.3 is 0 Å². The number of ether oxygens (including phenoxy) is 3. The molecule has 0 bridgehead atoms. The molecule has 1 saturated heterocycles. The topological polar surface area (TPSA) is 77.1 Å². The van der Waals surface area contributed by atoms with Gasteiger partial charge in [-0.1, -0.05) is 6.07 Å². The number of nitrogens with one attached hydrogen (secondary N) is 1. The van der Waals surface area contributed by atoms with Gasteiger partial charge in [0, 0.05) is 19.5 Å². The van der Waals surface area contributed by atoms with Gasteiger partial charge in [0.15, 0.2) is 11.5 Å². The van der Waals surface area contributed by atoms with Crippen molar-refractivity contribution in [3.05, 3.63) is 23.8 Å². The highest BCUT2D eigenvalue weighted by molar-refractivity contribution is 5.84. The average molecular weight is 336 g/mol. The molecule has 132 valence electrons. The number of rotatable bonds is 7. The maximum Gasteiger partial charge on any atom is 0.242 e. The third kappa shape index (κ3) is 5.13. The molecule has 24 heavy (non-hydrogen) atoms. The van der Waals surface area contributed by atoms with Crippen LogP contribution in [0.1, 0.15) is 12.0 Å². The summed E-state index contributed by atoms with van der Waals surface area (Å²) in [5.41, 5.74) is 0.974. The molecule has 2 rings (SSSR count). The van der Waals surface area contributed by atoms with Gasteiger partial charge in [-0.2, -0.15) is 0 Å². The van der Waals surface area contributed by atoms with Crippen molar-refractivity contribution in [1.29, 1.82) is 0 Å². The predicted octanol–water partition coefficient (Wildman–Crippen LogP) is 0.611. The van der Waals surface area contributed by atoms with Crippen molar-refractivity contribution in [2.24, 2.45) is 0 Å². The molecule has 0 atom stereocenters. The zero-order valence-corrected chi connectivity index (χ0v) is 14.2. The summed E-state index contributed by atoms with van der Waals surface area (Å²) in [7, 11) is 3.15. The Labute approximate surface area is 141 Å².